The molecule has 0 amide bonds. The third kappa shape index (κ3) is 7.64. The van der Waals surface area contributed by atoms with Crippen LogP contribution in [0, 0.1) is 0 Å². The van der Waals surface area contributed by atoms with Crippen LogP contribution in [0.2, 0.25) is 19.6 Å². The van der Waals surface area contributed by atoms with Crippen molar-refractivity contribution in [3.63, 3.8) is 0 Å². The largest absolute Gasteiger partial charge is 0.343 e. The topological polar surface area (TPSA) is 38.7 Å². The van der Waals surface area contributed by atoms with Gasteiger partial charge in [0.05, 0.1) is 21.3 Å². The summed E-state index contributed by atoms with van der Waals surface area (Å²) in [5.74, 6) is -1.41. The van der Waals surface area contributed by atoms with Crippen LogP contribution in [-0.2, 0) is 9.47 Å². The third-order valence-corrected chi connectivity index (χ3v) is 6.60. The summed E-state index contributed by atoms with van der Waals surface area (Å²) in [6, 6.07) is 0. The molecule has 1 N–H and O–H groups in total. The third-order valence-electron chi connectivity index (χ3n) is 4.46. The molecular weight excluding hydrogens is 316 g/mol. The fourth-order valence-corrected chi connectivity index (χ4v) is 4.93. The van der Waals surface area contributed by atoms with Crippen molar-refractivity contribution in [3.05, 3.63) is 22.9 Å². The summed E-state index contributed by atoms with van der Waals surface area (Å²) in [6.45, 7) is 12.6. The normalized spacial score (nSPS) is 15.6. The second kappa shape index (κ2) is 10.5. The predicted octanol–water partition coefficient (Wildman–Crippen LogP) is 5.57. The van der Waals surface area contributed by atoms with E-state index in [-0.39, 0.29) is 0 Å². The molecule has 1 aliphatic rings. The fraction of sp³-hybridized carbons (Fsp3) is 0.800. The molecule has 0 heterocycles. The van der Waals surface area contributed by atoms with Crippen LogP contribution in [0.1, 0.15) is 65.2 Å². The van der Waals surface area contributed by atoms with Gasteiger partial charge in [-0.1, -0.05) is 69.3 Å². The molecular formula is C20H38O3Si. The van der Waals surface area contributed by atoms with Crippen molar-refractivity contribution in [2.75, 3.05) is 13.2 Å². The predicted molar refractivity (Wildman–Crippen MR) is 105 cm³/mol. The molecule has 24 heavy (non-hydrogen) atoms. The Morgan fingerprint density at radius 3 is 2.12 bits per heavy atom. The van der Waals surface area contributed by atoms with Crippen LogP contribution in [0.15, 0.2) is 22.9 Å². The van der Waals surface area contributed by atoms with Gasteiger partial charge >= 0.3 is 0 Å². The van der Waals surface area contributed by atoms with Crippen molar-refractivity contribution in [2.24, 2.45) is 0 Å². The number of hydrogen-bond acceptors (Lipinski definition) is 3. The Hall–Kier alpha value is -0.423. The van der Waals surface area contributed by atoms with Gasteiger partial charge in [-0.15, -0.1) is 0 Å². The van der Waals surface area contributed by atoms with Gasteiger partial charge in [0.1, 0.15) is 0 Å². The molecule has 0 saturated heterocycles. The Balaban J connectivity index is 2.54. The van der Waals surface area contributed by atoms with Gasteiger partial charge in [-0.3, -0.25) is 0 Å². The maximum atomic E-state index is 10.7. The molecule has 0 aliphatic heterocycles. The first-order valence-corrected chi connectivity index (χ1v) is 13.2. The van der Waals surface area contributed by atoms with Crippen LogP contribution in [0.3, 0.4) is 0 Å². The van der Waals surface area contributed by atoms with Crippen LogP contribution in [0.5, 0.6) is 0 Å². The van der Waals surface area contributed by atoms with E-state index < -0.39 is 14.0 Å². The maximum Gasteiger partial charge on any atom is 0.280 e. The first-order chi connectivity index (χ1) is 11.3. The second-order valence-corrected chi connectivity index (χ2v) is 12.9. The lowest BCUT2D eigenvalue weighted by Gasteiger charge is -2.28. The highest BCUT2D eigenvalue weighted by Crippen LogP contribution is 2.31. The molecule has 0 aromatic heterocycles. The van der Waals surface area contributed by atoms with E-state index in [1.807, 2.05) is 0 Å². The summed E-state index contributed by atoms with van der Waals surface area (Å²) in [5, 5.41) is 12.3. The molecule has 0 spiro atoms. The Morgan fingerprint density at radius 2 is 1.62 bits per heavy atom. The van der Waals surface area contributed by atoms with Crippen LogP contribution in [0.4, 0.5) is 0 Å². The van der Waals surface area contributed by atoms with Gasteiger partial charge < -0.3 is 14.6 Å². The number of ether oxygens (including phenoxy) is 2. The van der Waals surface area contributed by atoms with Crippen LogP contribution < -0.4 is 0 Å². The lowest BCUT2D eigenvalue weighted by Crippen LogP contribution is -2.36. The van der Waals surface area contributed by atoms with Crippen LogP contribution >= 0.6 is 0 Å². The highest BCUT2D eigenvalue weighted by molar-refractivity contribution is 6.83. The van der Waals surface area contributed by atoms with Gasteiger partial charge in [0.15, 0.2) is 0 Å². The minimum Gasteiger partial charge on any atom is -0.343 e. The van der Waals surface area contributed by atoms with E-state index in [2.05, 4.69) is 45.6 Å². The Bertz CT molecular complexity index is 411. The Labute approximate surface area is 150 Å². The van der Waals surface area contributed by atoms with Crippen molar-refractivity contribution < 1.29 is 14.6 Å². The van der Waals surface area contributed by atoms with Gasteiger partial charge in [0.25, 0.3) is 5.97 Å². The van der Waals surface area contributed by atoms with Gasteiger partial charge in [-0.05, 0) is 32.1 Å². The number of hydrogen-bond donors (Lipinski definition) is 1. The summed E-state index contributed by atoms with van der Waals surface area (Å²) >= 11 is 0. The van der Waals surface area contributed by atoms with Gasteiger partial charge in [0, 0.05) is 6.42 Å². The molecule has 0 atom stereocenters. The molecule has 4 heteroatoms. The Kier molecular flexibility index (Phi) is 9.50. The molecule has 0 unspecified atom stereocenters. The van der Waals surface area contributed by atoms with E-state index in [9.17, 15) is 5.11 Å². The maximum absolute atomic E-state index is 10.7. The van der Waals surface area contributed by atoms with E-state index in [1.165, 1.54) is 0 Å². The molecule has 1 aliphatic carbocycles. The molecule has 0 radical (unpaired) electrons. The summed E-state index contributed by atoms with van der Waals surface area (Å²) in [5.41, 5.74) is 1.55. The number of rotatable bonds is 13. The zero-order valence-corrected chi connectivity index (χ0v) is 17.5. The highest BCUT2D eigenvalue weighted by atomic mass is 28.3. The molecule has 1 rings (SSSR count). The summed E-state index contributed by atoms with van der Waals surface area (Å²) in [4.78, 5) is 0. The minimum atomic E-state index is -1.41. The molecule has 0 aromatic rings. The summed E-state index contributed by atoms with van der Waals surface area (Å²) < 4.78 is 11.4. The lowest BCUT2D eigenvalue weighted by atomic mass is 10.1. The number of unbranched alkanes of at least 4 members (excludes halogenated alkanes) is 2. The zero-order valence-electron chi connectivity index (χ0n) is 16.5. The SMILES string of the molecule is CCCCOC(O)(CCCC1=C([Si](C)(C)C)C=CC1)OCCCC. The van der Waals surface area contributed by atoms with Crippen molar-refractivity contribution in [3.8, 4) is 0 Å². The molecule has 0 saturated carbocycles. The van der Waals surface area contributed by atoms with E-state index in [1.54, 1.807) is 10.8 Å². The monoisotopic (exact) mass is 354 g/mol. The summed E-state index contributed by atoms with van der Waals surface area (Å²) in [7, 11) is -1.27. The quantitative estimate of drug-likeness (QED) is 0.267. The van der Waals surface area contributed by atoms with Gasteiger partial charge in [0.2, 0.25) is 0 Å². The van der Waals surface area contributed by atoms with Gasteiger partial charge in [-0.25, -0.2) is 0 Å². The Morgan fingerprint density at radius 1 is 1.04 bits per heavy atom. The average molecular weight is 355 g/mol. The molecule has 0 fully saturated rings. The summed E-state index contributed by atoms with van der Waals surface area (Å²) in [6.07, 6.45) is 12.2. The molecule has 0 aromatic carbocycles. The average Bonchev–Trinajstić information content (AvgIpc) is 2.96. The number of allylic oxidation sites excluding steroid dienone is 4. The first-order valence-electron chi connectivity index (χ1n) is 9.71. The van der Waals surface area contributed by atoms with Crippen LogP contribution in [0.25, 0.3) is 0 Å². The second-order valence-electron chi connectivity index (χ2n) is 7.84. The molecule has 140 valence electrons. The molecule has 3 nitrogen and oxygen atoms in total. The zero-order chi connectivity index (χ0) is 18.1. The van der Waals surface area contributed by atoms with Crippen molar-refractivity contribution in [1.82, 2.24) is 0 Å². The van der Waals surface area contributed by atoms with Crippen molar-refractivity contribution >= 4 is 8.07 Å². The van der Waals surface area contributed by atoms with Crippen LogP contribution in [-0.4, -0.2) is 32.4 Å². The van der Waals surface area contributed by atoms with E-state index in [0.717, 1.165) is 44.9 Å². The van der Waals surface area contributed by atoms with E-state index >= 15 is 0 Å². The van der Waals surface area contributed by atoms with E-state index in [4.69, 9.17) is 9.47 Å². The standard InChI is InChI=1S/C20H38O3Si/c1-6-8-16-22-20(21,23-17-9-7-2)15-11-13-18-12-10-14-19(18)24(3,4)5/h10,14,21H,6-9,11-13,15-17H2,1-5H3. The van der Waals surface area contributed by atoms with E-state index in [0.29, 0.717) is 19.6 Å². The smallest absolute Gasteiger partial charge is 0.280 e. The fourth-order valence-electron chi connectivity index (χ4n) is 3.03. The van der Waals surface area contributed by atoms with Gasteiger partial charge in [-0.2, -0.15) is 0 Å². The van der Waals surface area contributed by atoms with Crippen molar-refractivity contribution in [2.45, 2.75) is 90.8 Å². The minimum absolute atomic E-state index is 0.545. The first kappa shape index (κ1) is 21.6. The molecule has 0 bridgehead atoms. The van der Waals surface area contributed by atoms with Crippen molar-refractivity contribution in [1.29, 1.82) is 0 Å². The number of aliphatic hydroxyl groups is 1. The highest BCUT2D eigenvalue weighted by Gasteiger charge is 2.29. The lowest BCUT2D eigenvalue weighted by molar-refractivity contribution is -0.363.